The lowest BCUT2D eigenvalue weighted by atomic mass is 10.0. The first kappa shape index (κ1) is 76.2. The van der Waals surface area contributed by atoms with Crippen molar-refractivity contribution in [3.8, 4) is 0 Å². The number of carboxylic acids is 1. The molecule has 3 aliphatic rings. The lowest BCUT2D eigenvalue weighted by Crippen LogP contribution is -2.59. The van der Waals surface area contributed by atoms with E-state index in [0.29, 0.717) is 24.8 Å². The van der Waals surface area contributed by atoms with Gasteiger partial charge in [0.2, 0.25) is 70.9 Å². The third kappa shape index (κ3) is 24.7. The van der Waals surface area contributed by atoms with E-state index in [1.807, 2.05) is 0 Å². The molecule has 11 atom stereocenters. The minimum atomic E-state index is -1.59. The normalized spacial score (nSPS) is 18.5. The maximum Gasteiger partial charge on any atom is 0.326 e. The lowest BCUT2D eigenvalue weighted by Gasteiger charge is -2.30. The fraction of sp³-hybridized carbons (Fsp3) is 0.638. The molecule has 22 N–H and O–H groups in total. The summed E-state index contributed by atoms with van der Waals surface area (Å²) in [4.78, 5) is 186. The average molecular weight is 1310 g/mol. The number of carboxylic acid groups (broad SMARTS) is 1. The molecule has 4 rings (SSSR count). The highest BCUT2D eigenvalue weighted by molar-refractivity contribution is 5.99. The number of nitrogens with one attached hydrogen (secondary N) is 9. The Labute approximate surface area is 538 Å². The number of likely N-dealkylation sites (tertiary alicyclic amines) is 3. The quantitative estimate of drug-likeness (QED) is 0.0169. The zero-order valence-corrected chi connectivity index (χ0v) is 52.9. The second-order valence-corrected chi connectivity index (χ2v) is 23.5. The van der Waals surface area contributed by atoms with Crippen LogP contribution in [-0.4, -0.2) is 244 Å². The number of amides is 12. The summed E-state index contributed by atoms with van der Waals surface area (Å²) in [5.74, 6) is -11.2. The molecule has 1 aromatic carbocycles. The van der Waals surface area contributed by atoms with Crippen molar-refractivity contribution in [2.45, 2.75) is 171 Å². The van der Waals surface area contributed by atoms with Gasteiger partial charge < -0.3 is 107 Å². The summed E-state index contributed by atoms with van der Waals surface area (Å²) in [6.45, 7) is 3.80. The Hall–Kier alpha value is -9.25. The third-order valence-corrected chi connectivity index (χ3v) is 15.5. The molecule has 0 aromatic heterocycles. The number of nitrogens with zero attached hydrogens (tertiary/aromatic N) is 5. The Morgan fingerprint density at radius 3 is 1.54 bits per heavy atom. The van der Waals surface area contributed by atoms with E-state index < -0.39 is 170 Å². The second kappa shape index (κ2) is 37.9. The third-order valence-electron chi connectivity index (χ3n) is 15.5. The maximum atomic E-state index is 14.1. The number of guanidine groups is 2. The molecule has 0 aliphatic carbocycles. The molecule has 12 amide bonds. The molecule has 0 bridgehead atoms. The number of aliphatic hydroxyl groups excluding tert-OH is 2. The molecule has 3 aliphatic heterocycles. The van der Waals surface area contributed by atoms with Crippen LogP contribution in [0.25, 0.3) is 0 Å². The largest absolute Gasteiger partial charge is 0.480 e. The summed E-state index contributed by atoms with van der Waals surface area (Å²) in [6.07, 6.45) is 0.512. The second-order valence-electron chi connectivity index (χ2n) is 23.5. The van der Waals surface area contributed by atoms with Gasteiger partial charge in [-0.3, -0.25) is 67.5 Å². The summed E-state index contributed by atoms with van der Waals surface area (Å²) in [6, 6.07) is -4.03. The molecule has 3 heterocycles. The van der Waals surface area contributed by atoms with Gasteiger partial charge in [-0.15, -0.1) is 0 Å². The molecular formula is C58H93N19O16. The van der Waals surface area contributed by atoms with Crippen molar-refractivity contribution in [1.82, 2.24) is 62.6 Å². The molecule has 3 fully saturated rings. The molecule has 35 heteroatoms. The number of aliphatic carboxylic acids is 1. The van der Waals surface area contributed by atoms with Crippen molar-refractivity contribution in [1.29, 1.82) is 0 Å². The number of aliphatic imine (C=N–C) groups is 2. The average Bonchev–Trinajstić information content (AvgIpc) is 1.83. The molecule has 1 aromatic rings. The van der Waals surface area contributed by atoms with Crippen LogP contribution in [0.3, 0.4) is 0 Å². The zero-order valence-electron chi connectivity index (χ0n) is 52.9. The van der Waals surface area contributed by atoms with E-state index >= 15 is 0 Å². The van der Waals surface area contributed by atoms with Crippen molar-refractivity contribution in [3.63, 3.8) is 0 Å². The molecule has 516 valence electrons. The first-order valence-corrected chi connectivity index (χ1v) is 31.0. The van der Waals surface area contributed by atoms with Gasteiger partial charge in [-0.25, -0.2) is 4.79 Å². The van der Waals surface area contributed by atoms with Crippen LogP contribution in [-0.2, 0) is 68.7 Å². The Morgan fingerprint density at radius 2 is 1.03 bits per heavy atom. The standard InChI is InChI=1S/C58H93N19O16/c1-31(2)25-37(71-52(88)41-18-10-23-76(41)45(82)29-68-54(90)46(33(4)79)74-47(83)32(3)59)50(86)73-39(30-78)55(91)77-24-12-17-40(77)51(87)67-28-44(81)75-22-11-19-42(75)53(89)72-38(26-34-13-6-5-7-14-34)48(84)66-27-43(80)69-35(15-8-20-64-57(60)61)49(85)70-36(56(92)93)16-9-21-65-58(62)63/h5-7,13-14,31-33,35-42,46,78-79H,8-12,15-30,59H2,1-4H3,(H,66,84)(H,67,87)(H,68,90)(H,69,80)(H,70,85)(H,71,88)(H,72,89)(H,73,86)(H,74,83)(H,92,93)(H4,60,61,64)(H4,62,63,65)/t32-,33+,35-,36-,37-,38-,39-,40-,41-,42-,46-/m0/s1. The van der Waals surface area contributed by atoms with Crippen molar-refractivity contribution in [3.05, 3.63) is 35.9 Å². The number of nitrogens with two attached hydrogens (primary N) is 5. The highest BCUT2D eigenvalue weighted by Crippen LogP contribution is 2.22. The van der Waals surface area contributed by atoms with E-state index in [1.165, 1.54) is 23.6 Å². The molecular weight excluding hydrogens is 1220 g/mol. The van der Waals surface area contributed by atoms with Crippen molar-refractivity contribution < 1.29 is 77.6 Å². The number of hydrogen-bond acceptors (Lipinski definition) is 18. The van der Waals surface area contributed by atoms with Gasteiger partial charge in [-0.2, -0.15) is 0 Å². The molecule has 35 nitrogen and oxygen atoms in total. The highest BCUT2D eigenvalue weighted by atomic mass is 16.4. The highest BCUT2D eigenvalue weighted by Gasteiger charge is 2.42. The monoisotopic (exact) mass is 1310 g/mol. The van der Waals surface area contributed by atoms with Gasteiger partial charge in [-0.1, -0.05) is 44.2 Å². The Morgan fingerprint density at radius 1 is 0.548 bits per heavy atom. The van der Waals surface area contributed by atoms with Gasteiger partial charge in [0.25, 0.3) is 0 Å². The van der Waals surface area contributed by atoms with Crippen LogP contribution in [0.5, 0.6) is 0 Å². The van der Waals surface area contributed by atoms with Gasteiger partial charge in [-0.05, 0) is 96.0 Å². The fourth-order valence-corrected chi connectivity index (χ4v) is 10.7. The SMILES string of the molecule is CC(C)C[C@H](NC(=O)[C@@H]1CCCN1C(=O)CNC(=O)[C@@H](NC(=O)[C@H](C)N)[C@@H](C)O)C(=O)N[C@@H](CO)C(=O)N1CCC[C@H]1C(=O)NCC(=O)N1CCC[C@H]1C(=O)N[C@@H](Cc1ccccc1)C(=O)NCC(=O)N[C@@H](CCCN=C(N)N)C(=O)N[C@@H](CCCN=C(N)N)C(=O)O. The maximum absolute atomic E-state index is 14.1. The van der Waals surface area contributed by atoms with Crippen molar-refractivity contribution in [2.75, 3.05) is 59.0 Å². The molecule has 0 unspecified atom stereocenters. The van der Waals surface area contributed by atoms with Crippen LogP contribution >= 0.6 is 0 Å². The number of rotatable bonds is 36. The van der Waals surface area contributed by atoms with Gasteiger partial charge >= 0.3 is 5.97 Å². The van der Waals surface area contributed by atoms with Crippen LogP contribution < -0.4 is 76.5 Å². The van der Waals surface area contributed by atoms with Gasteiger partial charge in [0.15, 0.2) is 11.9 Å². The van der Waals surface area contributed by atoms with E-state index in [4.69, 9.17) is 28.7 Å². The summed E-state index contributed by atoms with van der Waals surface area (Å²) in [5, 5.41) is 52.9. The topological polar surface area (TPSA) is 555 Å². The van der Waals surface area contributed by atoms with E-state index in [2.05, 4.69) is 57.8 Å². The molecule has 0 spiro atoms. The lowest BCUT2D eigenvalue weighted by molar-refractivity contribution is -0.144. The van der Waals surface area contributed by atoms with Crippen LogP contribution in [0.1, 0.15) is 104 Å². The van der Waals surface area contributed by atoms with Gasteiger partial charge in [0.05, 0.1) is 38.4 Å². The molecule has 0 radical (unpaired) electrons. The van der Waals surface area contributed by atoms with E-state index in [-0.39, 0.29) is 108 Å². The summed E-state index contributed by atoms with van der Waals surface area (Å²) in [7, 11) is 0. The fourth-order valence-electron chi connectivity index (χ4n) is 10.7. The summed E-state index contributed by atoms with van der Waals surface area (Å²) < 4.78 is 0. The molecule has 93 heavy (non-hydrogen) atoms. The van der Waals surface area contributed by atoms with E-state index in [9.17, 15) is 77.6 Å². The number of carbonyl (C=O) groups excluding carboxylic acids is 12. The minimum Gasteiger partial charge on any atom is -0.480 e. The van der Waals surface area contributed by atoms with E-state index in [1.54, 1.807) is 44.2 Å². The number of carbonyl (C=O) groups is 13. The smallest absolute Gasteiger partial charge is 0.326 e. The van der Waals surface area contributed by atoms with Crippen LogP contribution in [0.2, 0.25) is 0 Å². The Kier molecular flexibility index (Phi) is 31.1. The van der Waals surface area contributed by atoms with E-state index in [0.717, 1.165) is 4.90 Å². The number of hydrogen-bond donors (Lipinski definition) is 17. The molecule has 3 saturated heterocycles. The minimum absolute atomic E-state index is 0.0340. The predicted molar refractivity (Wildman–Crippen MR) is 334 cm³/mol. The Balaban J connectivity index is 1.36. The summed E-state index contributed by atoms with van der Waals surface area (Å²) in [5.41, 5.74) is 27.7. The van der Waals surface area contributed by atoms with Gasteiger partial charge in [0.1, 0.15) is 54.4 Å². The number of benzene rings is 1. The van der Waals surface area contributed by atoms with Crippen LogP contribution in [0.4, 0.5) is 0 Å². The predicted octanol–water partition coefficient (Wildman–Crippen LogP) is -7.58. The van der Waals surface area contributed by atoms with Crippen LogP contribution in [0, 0.1) is 5.92 Å². The summed E-state index contributed by atoms with van der Waals surface area (Å²) >= 11 is 0. The van der Waals surface area contributed by atoms with Crippen LogP contribution in [0.15, 0.2) is 40.3 Å². The van der Waals surface area contributed by atoms with Crippen molar-refractivity contribution >= 4 is 88.8 Å². The van der Waals surface area contributed by atoms with Gasteiger partial charge in [0, 0.05) is 39.1 Å². The zero-order chi connectivity index (χ0) is 69.1. The van der Waals surface area contributed by atoms with Crippen molar-refractivity contribution in [2.24, 2.45) is 44.6 Å². The number of aliphatic hydroxyl groups is 2. The molecule has 0 saturated carbocycles. The first-order chi connectivity index (χ1) is 44.0. The first-order valence-electron chi connectivity index (χ1n) is 31.0. The Bertz CT molecular complexity index is 2850.